The van der Waals surface area contributed by atoms with E-state index in [-0.39, 0.29) is 5.91 Å². The lowest BCUT2D eigenvalue weighted by molar-refractivity contribution is 0.0944. The van der Waals surface area contributed by atoms with Crippen LogP contribution >= 0.6 is 11.6 Å². The topological polar surface area (TPSA) is 32.3 Å². The summed E-state index contributed by atoms with van der Waals surface area (Å²) in [6.45, 7) is 2.91. The SMILES string of the molecule is O=C(NCCC(c1ccc(Cl)cc1)N1CCCCC1)c1ccccc1. The number of piperidine rings is 1. The maximum atomic E-state index is 12.2. The van der Waals surface area contributed by atoms with E-state index in [1.807, 2.05) is 42.5 Å². The quantitative estimate of drug-likeness (QED) is 0.814. The average molecular weight is 357 g/mol. The Morgan fingerprint density at radius 2 is 1.68 bits per heavy atom. The van der Waals surface area contributed by atoms with Crippen molar-refractivity contribution in [2.45, 2.75) is 31.7 Å². The highest BCUT2D eigenvalue weighted by atomic mass is 35.5. The zero-order valence-electron chi connectivity index (χ0n) is 14.5. The van der Waals surface area contributed by atoms with Crippen molar-refractivity contribution in [2.75, 3.05) is 19.6 Å². The Hall–Kier alpha value is -1.84. The van der Waals surface area contributed by atoms with Gasteiger partial charge in [0.05, 0.1) is 0 Å². The van der Waals surface area contributed by atoms with Crippen LogP contribution in [-0.4, -0.2) is 30.4 Å². The van der Waals surface area contributed by atoms with E-state index in [4.69, 9.17) is 11.6 Å². The molecule has 3 nitrogen and oxygen atoms in total. The molecule has 0 bridgehead atoms. The van der Waals surface area contributed by atoms with Crippen LogP contribution in [0.25, 0.3) is 0 Å². The molecule has 2 aromatic rings. The number of hydrogen-bond donors (Lipinski definition) is 1. The second kappa shape index (κ2) is 9.02. The molecule has 1 fully saturated rings. The van der Waals surface area contributed by atoms with Gasteiger partial charge in [0.15, 0.2) is 0 Å². The Morgan fingerprint density at radius 1 is 1.00 bits per heavy atom. The molecule has 1 heterocycles. The smallest absolute Gasteiger partial charge is 0.251 e. The van der Waals surface area contributed by atoms with Crippen molar-refractivity contribution < 1.29 is 4.79 Å². The predicted molar refractivity (Wildman–Crippen MR) is 103 cm³/mol. The Labute approximate surface area is 155 Å². The van der Waals surface area contributed by atoms with Crippen LogP contribution in [0.2, 0.25) is 5.02 Å². The number of amides is 1. The van der Waals surface area contributed by atoms with Crippen molar-refractivity contribution in [3.05, 3.63) is 70.7 Å². The zero-order valence-corrected chi connectivity index (χ0v) is 15.2. The van der Waals surface area contributed by atoms with Gasteiger partial charge in [-0.25, -0.2) is 0 Å². The number of hydrogen-bond acceptors (Lipinski definition) is 2. The van der Waals surface area contributed by atoms with Crippen molar-refractivity contribution in [1.82, 2.24) is 10.2 Å². The van der Waals surface area contributed by atoms with Crippen LogP contribution in [0.1, 0.15) is 47.6 Å². The lowest BCUT2D eigenvalue weighted by Gasteiger charge is -2.35. The molecule has 1 saturated heterocycles. The highest BCUT2D eigenvalue weighted by molar-refractivity contribution is 6.30. The fourth-order valence-corrected chi connectivity index (χ4v) is 3.62. The minimum Gasteiger partial charge on any atom is -0.352 e. The number of nitrogens with zero attached hydrogens (tertiary/aromatic N) is 1. The van der Waals surface area contributed by atoms with Crippen molar-refractivity contribution in [3.63, 3.8) is 0 Å². The fourth-order valence-electron chi connectivity index (χ4n) is 3.49. The standard InChI is InChI=1S/C21H25ClN2O/c22-19-11-9-17(10-12-19)20(24-15-5-2-6-16-24)13-14-23-21(25)18-7-3-1-4-8-18/h1,3-4,7-12,20H,2,5-6,13-16H2,(H,23,25). The summed E-state index contributed by atoms with van der Waals surface area (Å²) in [4.78, 5) is 14.8. The molecular formula is C21H25ClN2O. The first kappa shape index (κ1) is 18.0. The summed E-state index contributed by atoms with van der Waals surface area (Å²) in [6, 6.07) is 17.8. The van der Waals surface area contributed by atoms with Crippen LogP contribution < -0.4 is 5.32 Å². The predicted octanol–water partition coefficient (Wildman–Crippen LogP) is 4.69. The summed E-state index contributed by atoms with van der Waals surface area (Å²) in [7, 11) is 0. The molecule has 4 heteroatoms. The number of halogens is 1. The first-order valence-electron chi connectivity index (χ1n) is 9.07. The summed E-state index contributed by atoms with van der Waals surface area (Å²) in [5.41, 5.74) is 1.99. The highest BCUT2D eigenvalue weighted by Crippen LogP contribution is 2.28. The Kier molecular flexibility index (Phi) is 6.48. The summed E-state index contributed by atoms with van der Waals surface area (Å²) in [5.74, 6) is -0.00546. The summed E-state index contributed by atoms with van der Waals surface area (Å²) in [6.07, 6.45) is 4.72. The number of rotatable bonds is 6. The minimum atomic E-state index is -0.00546. The minimum absolute atomic E-state index is 0.00546. The van der Waals surface area contributed by atoms with Gasteiger partial charge in [-0.2, -0.15) is 0 Å². The van der Waals surface area contributed by atoms with Gasteiger partial charge in [0.25, 0.3) is 5.91 Å². The van der Waals surface area contributed by atoms with Crippen LogP contribution in [0.15, 0.2) is 54.6 Å². The summed E-state index contributed by atoms with van der Waals surface area (Å²) < 4.78 is 0. The second-order valence-corrected chi connectivity index (χ2v) is 7.01. The van der Waals surface area contributed by atoms with Gasteiger partial charge in [-0.1, -0.05) is 48.4 Å². The van der Waals surface area contributed by atoms with Crippen LogP contribution in [-0.2, 0) is 0 Å². The molecule has 0 spiro atoms. The molecule has 2 aromatic carbocycles. The van der Waals surface area contributed by atoms with Crippen molar-refractivity contribution in [3.8, 4) is 0 Å². The Balaban J connectivity index is 1.63. The maximum absolute atomic E-state index is 12.2. The van der Waals surface area contributed by atoms with Gasteiger partial charge >= 0.3 is 0 Å². The number of carbonyl (C=O) groups excluding carboxylic acids is 1. The molecule has 0 saturated carbocycles. The Morgan fingerprint density at radius 3 is 2.36 bits per heavy atom. The number of nitrogens with one attached hydrogen (secondary N) is 1. The molecule has 1 aliphatic heterocycles. The average Bonchev–Trinajstić information content (AvgIpc) is 2.67. The van der Waals surface area contributed by atoms with Crippen molar-refractivity contribution in [1.29, 1.82) is 0 Å². The molecule has 1 N–H and O–H groups in total. The number of likely N-dealkylation sites (tertiary alicyclic amines) is 1. The maximum Gasteiger partial charge on any atom is 0.251 e. The molecule has 1 aliphatic rings. The zero-order chi connectivity index (χ0) is 17.5. The third kappa shape index (κ3) is 5.07. The van der Waals surface area contributed by atoms with Crippen LogP contribution in [0.4, 0.5) is 0 Å². The molecule has 1 atom stereocenters. The van der Waals surface area contributed by atoms with Gasteiger partial charge in [0.2, 0.25) is 0 Å². The molecule has 1 amide bonds. The molecule has 25 heavy (non-hydrogen) atoms. The van der Waals surface area contributed by atoms with Gasteiger partial charge in [0, 0.05) is 23.2 Å². The van der Waals surface area contributed by atoms with E-state index < -0.39 is 0 Å². The van der Waals surface area contributed by atoms with Gasteiger partial charge in [-0.3, -0.25) is 9.69 Å². The summed E-state index contributed by atoms with van der Waals surface area (Å²) in [5, 5.41) is 3.82. The monoisotopic (exact) mass is 356 g/mol. The van der Waals surface area contributed by atoms with Gasteiger partial charge in [0.1, 0.15) is 0 Å². The van der Waals surface area contributed by atoms with Crippen molar-refractivity contribution >= 4 is 17.5 Å². The lowest BCUT2D eigenvalue weighted by atomic mass is 9.99. The van der Waals surface area contributed by atoms with Gasteiger partial charge in [-0.15, -0.1) is 0 Å². The van der Waals surface area contributed by atoms with E-state index >= 15 is 0 Å². The van der Waals surface area contributed by atoms with E-state index in [2.05, 4.69) is 22.3 Å². The first-order valence-corrected chi connectivity index (χ1v) is 9.44. The van der Waals surface area contributed by atoms with E-state index in [0.29, 0.717) is 18.2 Å². The third-order valence-electron chi connectivity index (χ3n) is 4.83. The molecule has 132 valence electrons. The largest absolute Gasteiger partial charge is 0.352 e. The normalized spacial score (nSPS) is 16.4. The molecule has 0 aliphatic carbocycles. The van der Waals surface area contributed by atoms with E-state index in [0.717, 1.165) is 24.5 Å². The van der Waals surface area contributed by atoms with E-state index in [1.54, 1.807) is 0 Å². The van der Waals surface area contributed by atoms with Crippen LogP contribution in [0.3, 0.4) is 0 Å². The fraction of sp³-hybridized carbons (Fsp3) is 0.381. The number of benzene rings is 2. The lowest BCUT2D eigenvalue weighted by Crippen LogP contribution is -2.36. The van der Waals surface area contributed by atoms with E-state index in [1.165, 1.54) is 24.8 Å². The van der Waals surface area contributed by atoms with Crippen LogP contribution in [0.5, 0.6) is 0 Å². The van der Waals surface area contributed by atoms with Crippen molar-refractivity contribution in [2.24, 2.45) is 0 Å². The molecule has 1 unspecified atom stereocenters. The highest BCUT2D eigenvalue weighted by Gasteiger charge is 2.22. The van der Waals surface area contributed by atoms with Gasteiger partial charge < -0.3 is 5.32 Å². The number of carbonyl (C=O) groups is 1. The summed E-state index contributed by atoms with van der Waals surface area (Å²) >= 11 is 6.05. The molecule has 3 rings (SSSR count). The van der Waals surface area contributed by atoms with Crippen LogP contribution in [0, 0.1) is 0 Å². The van der Waals surface area contributed by atoms with E-state index in [9.17, 15) is 4.79 Å². The third-order valence-corrected chi connectivity index (χ3v) is 5.08. The molecular weight excluding hydrogens is 332 g/mol. The second-order valence-electron chi connectivity index (χ2n) is 6.57. The van der Waals surface area contributed by atoms with Gasteiger partial charge in [-0.05, 0) is 62.2 Å². The first-order chi connectivity index (χ1) is 12.2. The molecule has 0 radical (unpaired) electrons. The Bertz CT molecular complexity index is 666. The molecule has 0 aromatic heterocycles.